The smallest absolute Gasteiger partial charge is 0.223 e. The standard InChI is InChI=1S/C15H28N2O3/c1-4-20-14-5-11(6-14)7-15(19)17-10-13(18)8-12(17)9-16(2)3/h11-14,18H,4-10H2,1-3H3. The van der Waals surface area contributed by atoms with E-state index < -0.39 is 0 Å². The van der Waals surface area contributed by atoms with E-state index in [0.29, 0.717) is 31.4 Å². The Morgan fingerprint density at radius 2 is 2.05 bits per heavy atom. The van der Waals surface area contributed by atoms with E-state index in [1.54, 1.807) is 0 Å². The molecule has 2 rings (SSSR count). The van der Waals surface area contributed by atoms with Crippen LogP contribution in [0.15, 0.2) is 0 Å². The van der Waals surface area contributed by atoms with Crippen molar-refractivity contribution < 1.29 is 14.6 Å². The van der Waals surface area contributed by atoms with Gasteiger partial charge in [-0.3, -0.25) is 4.79 Å². The van der Waals surface area contributed by atoms with E-state index in [9.17, 15) is 9.90 Å². The first kappa shape index (κ1) is 15.7. The summed E-state index contributed by atoms with van der Waals surface area (Å²) < 4.78 is 5.53. The fourth-order valence-electron chi connectivity index (χ4n) is 3.37. The van der Waals surface area contributed by atoms with E-state index in [1.807, 2.05) is 25.9 Å². The van der Waals surface area contributed by atoms with Gasteiger partial charge in [-0.2, -0.15) is 0 Å². The predicted octanol–water partition coefficient (Wildman–Crippen LogP) is 0.715. The lowest BCUT2D eigenvalue weighted by molar-refractivity contribution is -0.135. The number of aliphatic hydroxyl groups excluding tert-OH is 1. The quantitative estimate of drug-likeness (QED) is 0.781. The van der Waals surface area contributed by atoms with Crippen LogP contribution in [0, 0.1) is 5.92 Å². The Bertz CT molecular complexity index is 329. The average molecular weight is 284 g/mol. The third kappa shape index (κ3) is 3.93. The molecule has 0 aromatic carbocycles. The third-order valence-corrected chi connectivity index (χ3v) is 4.35. The SMILES string of the molecule is CCOC1CC(CC(=O)N2CC(O)CC2CN(C)C)C1. The third-order valence-electron chi connectivity index (χ3n) is 4.35. The Balaban J connectivity index is 1.79. The van der Waals surface area contributed by atoms with Gasteiger partial charge in [-0.25, -0.2) is 0 Å². The van der Waals surface area contributed by atoms with E-state index in [-0.39, 0.29) is 18.1 Å². The number of carbonyl (C=O) groups is 1. The van der Waals surface area contributed by atoms with Gasteiger partial charge in [0.2, 0.25) is 5.91 Å². The molecule has 1 saturated carbocycles. The Morgan fingerprint density at radius 3 is 2.65 bits per heavy atom. The van der Waals surface area contributed by atoms with Gasteiger partial charge in [0.15, 0.2) is 0 Å². The van der Waals surface area contributed by atoms with Gasteiger partial charge < -0.3 is 19.6 Å². The second-order valence-electron chi connectivity index (χ2n) is 6.47. The maximum Gasteiger partial charge on any atom is 0.223 e. The first-order valence-electron chi connectivity index (χ1n) is 7.73. The lowest BCUT2D eigenvalue weighted by Crippen LogP contribution is -2.43. The van der Waals surface area contributed by atoms with Gasteiger partial charge in [0.1, 0.15) is 0 Å². The van der Waals surface area contributed by atoms with Crippen LogP contribution < -0.4 is 0 Å². The van der Waals surface area contributed by atoms with E-state index in [4.69, 9.17) is 4.74 Å². The van der Waals surface area contributed by atoms with Crippen LogP contribution in [0.3, 0.4) is 0 Å². The molecule has 0 aromatic rings. The summed E-state index contributed by atoms with van der Waals surface area (Å²) in [5.41, 5.74) is 0. The maximum absolute atomic E-state index is 12.4. The molecular weight excluding hydrogens is 256 g/mol. The first-order valence-corrected chi connectivity index (χ1v) is 7.73. The van der Waals surface area contributed by atoms with Crippen molar-refractivity contribution >= 4 is 5.91 Å². The highest BCUT2D eigenvalue weighted by molar-refractivity contribution is 5.77. The molecule has 2 fully saturated rings. The molecule has 2 atom stereocenters. The van der Waals surface area contributed by atoms with Gasteiger partial charge in [-0.05, 0) is 46.2 Å². The number of hydrogen-bond donors (Lipinski definition) is 1. The van der Waals surface area contributed by atoms with Crippen LogP contribution in [0.1, 0.15) is 32.6 Å². The zero-order chi connectivity index (χ0) is 14.7. The van der Waals surface area contributed by atoms with Crippen LogP contribution in [0.25, 0.3) is 0 Å². The molecule has 1 saturated heterocycles. The summed E-state index contributed by atoms with van der Waals surface area (Å²) in [7, 11) is 4.01. The molecule has 5 nitrogen and oxygen atoms in total. The average Bonchev–Trinajstić information content (AvgIpc) is 2.66. The second kappa shape index (κ2) is 6.87. The molecular formula is C15H28N2O3. The largest absolute Gasteiger partial charge is 0.391 e. The number of likely N-dealkylation sites (N-methyl/N-ethyl adjacent to an activating group) is 1. The highest BCUT2D eigenvalue weighted by atomic mass is 16.5. The summed E-state index contributed by atoms with van der Waals surface area (Å²) >= 11 is 0. The molecule has 20 heavy (non-hydrogen) atoms. The Hall–Kier alpha value is -0.650. The molecule has 1 heterocycles. The molecule has 0 spiro atoms. The van der Waals surface area contributed by atoms with E-state index in [2.05, 4.69) is 4.90 Å². The van der Waals surface area contributed by atoms with Crippen molar-refractivity contribution in [1.82, 2.24) is 9.80 Å². The van der Waals surface area contributed by atoms with Crippen molar-refractivity contribution in [2.24, 2.45) is 5.92 Å². The van der Waals surface area contributed by atoms with E-state index in [0.717, 1.165) is 26.0 Å². The molecule has 5 heteroatoms. The molecule has 1 aliphatic carbocycles. The fraction of sp³-hybridized carbons (Fsp3) is 0.933. The molecule has 1 amide bonds. The maximum atomic E-state index is 12.4. The minimum atomic E-state index is -0.360. The summed E-state index contributed by atoms with van der Waals surface area (Å²) in [6.07, 6.45) is 3.33. The van der Waals surface area contributed by atoms with Crippen molar-refractivity contribution in [2.75, 3.05) is 33.8 Å². The van der Waals surface area contributed by atoms with Crippen molar-refractivity contribution in [3.8, 4) is 0 Å². The second-order valence-corrected chi connectivity index (χ2v) is 6.47. The number of likely N-dealkylation sites (tertiary alicyclic amines) is 1. The van der Waals surface area contributed by atoms with Crippen LogP contribution in [0.5, 0.6) is 0 Å². The Morgan fingerprint density at radius 1 is 1.35 bits per heavy atom. The number of amides is 1. The summed E-state index contributed by atoms with van der Waals surface area (Å²) in [4.78, 5) is 16.4. The van der Waals surface area contributed by atoms with Gasteiger partial charge in [-0.15, -0.1) is 0 Å². The van der Waals surface area contributed by atoms with Crippen LogP contribution in [-0.2, 0) is 9.53 Å². The minimum absolute atomic E-state index is 0.162. The highest BCUT2D eigenvalue weighted by Gasteiger charge is 2.37. The van der Waals surface area contributed by atoms with Crippen molar-refractivity contribution in [2.45, 2.75) is 50.9 Å². The number of carbonyl (C=O) groups excluding carboxylic acids is 1. The normalized spacial score (nSPS) is 33.5. The number of ether oxygens (including phenoxy) is 1. The lowest BCUT2D eigenvalue weighted by Gasteiger charge is -2.36. The Labute approximate surface area is 121 Å². The minimum Gasteiger partial charge on any atom is -0.391 e. The summed E-state index contributed by atoms with van der Waals surface area (Å²) in [6.45, 7) is 4.10. The molecule has 0 bridgehead atoms. The number of nitrogens with zero attached hydrogens (tertiary/aromatic N) is 2. The first-order chi connectivity index (χ1) is 9.49. The van der Waals surface area contributed by atoms with Gasteiger partial charge in [0.25, 0.3) is 0 Å². The number of aliphatic hydroxyl groups is 1. The molecule has 1 N–H and O–H groups in total. The highest BCUT2D eigenvalue weighted by Crippen LogP contribution is 2.34. The van der Waals surface area contributed by atoms with Crippen LogP contribution >= 0.6 is 0 Å². The molecule has 116 valence electrons. The summed E-state index contributed by atoms with van der Waals surface area (Å²) in [6, 6.07) is 0.162. The zero-order valence-electron chi connectivity index (χ0n) is 12.9. The van der Waals surface area contributed by atoms with Crippen molar-refractivity contribution in [3.63, 3.8) is 0 Å². The lowest BCUT2D eigenvalue weighted by atomic mass is 9.79. The molecule has 0 aromatic heterocycles. The van der Waals surface area contributed by atoms with Crippen LogP contribution in [-0.4, -0.2) is 72.9 Å². The van der Waals surface area contributed by atoms with Crippen molar-refractivity contribution in [3.05, 3.63) is 0 Å². The Kier molecular flexibility index (Phi) is 5.41. The van der Waals surface area contributed by atoms with E-state index >= 15 is 0 Å². The monoisotopic (exact) mass is 284 g/mol. The molecule has 2 aliphatic rings. The molecule has 0 radical (unpaired) electrons. The fourth-order valence-corrected chi connectivity index (χ4v) is 3.37. The van der Waals surface area contributed by atoms with Gasteiger partial charge in [0, 0.05) is 32.2 Å². The van der Waals surface area contributed by atoms with Gasteiger partial charge >= 0.3 is 0 Å². The topological polar surface area (TPSA) is 53.0 Å². The summed E-state index contributed by atoms with van der Waals surface area (Å²) in [5, 5.41) is 9.82. The van der Waals surface area contributed by atoms with Crippen molar-refractivity contribution in [1.29, 1.82) is 0 Å². The van der Waals surface area contributed by atoms with Crippen LogP contribution in [0.2, 0.25) is 0 Å². The summed E-state index contributed by atoms with van der Waals surface area (Å²) in [5.74, 6) is 0.671. The number of rotatable bonds is 6. The van der Waals surface area contributed by atoms with Crippen LogP contribution in [0.4, 0.5) is 0 Å². The molecule has 1 aliphatic heterocycles. The van der Waals surface area contributed by atoms with Gasteiger partial charge in [0.05, 0.1) is 12.2 Å². The van der Waals surface area contributed by atoms with E-state index in [1.165, 1.54) is 0 Å². The van der Waals surface area contributed by atoms with Gasteiger partial charge in [-0.1, -0.05) is 0 Å². The molecule has 2 unspecified atom stereocenters. The predicted molar refractivity (Wildman–Crippen MR) is 77.4 cm³/mol. The number of β-amino-alcohol motifs (C(OH)–C–C–N with tert-alkyl or cyclic N) is 1. The zero-order valence-corrected chi connectivity index (χ0v) is 12.9. The number of hydrogen-bond acceptors (Lipinski definition) is 4.